The van der Waals surface area contributed by atoms with Gasteiger partial charge in [0.2, 0.25) is 10.0 Å². The summed E-state index contributed by atoms with van der Waals surface area (Å²) >= 11 is 5.73. The van der Waals surface area contributed by atoms with Crippen molar-refractivity contribution < 1.29 is 17.5 Å². The summed E-state index contributed by atoms with van der Waals surface area (Å²) in [4.78, 5) is 2.51. The van der Waals surface area contributed by atoms with E-state index in [0.717, 1.165) is 44.8 Å². The molecule has 0 aromatic heterocycles. The highest BCUT2D eigenvalue weighted by atomic mass is 35.5. The van der Waals surface area contributed by atoms with Gasteiger partial charge in [0.1, 0.15) is 5.82 Å². The lowest BCUT2D eigenvalue weighted by atomic mass is 10.00. The molecule has 0 aliphatic carbocycles. The molecule has 5 nitrogen and oxygen atoms in total. The van der Waals surface area contributed by atoms with Gasteiger partial charge in [-0.1, -0.05) is 11.6 Å². The van der Waals surface area contributed by atoms with Crippen molar-refractivity contribution in [2.75, 3.05) is 33.3 Å². The van der Waals surface area contributed by atoms with Crippen molar-refractivity contribution in [2.24, 2.45) is 0 Å². The molecule has 25 heavy (non-hydrogen) atoms. The number of sulfonamides is 1. The molecule has 1 aromatic carbocycles. The van der Waals surface area contributed by atoms with E-state index in [-0.39, 0.29) is 9.92 Å². The topological polar surface area (TPSA) is 49.9 Å². The fourth-order valence-electron chi connectivity index (χ4n) is 3.71. The third-order valence-corrected chi connectivity index (χ3v) is 7.46. The fraction of sp³-hybridized carbons (Fsp3) is 0.647. The maximum atomic E-state index is 13.3. The Bertz CT molecular complexity index is 700. The highest BCUT2D eigenvalue weighted by Crippen LogP contribution is 2.27. The van der Waals surface area contributed by atoms with Gasteiger partial charge in [0.25, 0.3) is 0 Å². The molecule has 0 bridgehead atoms. The number of piperidine rings is 2. The predicted octanol–water partition coefficient (Wildman–Crippen LogP) is 2.74. The Morgan fingerprint density at radius 1 is 1.12 bits per heavy atom. The van der Waals surface area contributed by atoms with Gasteiger partial charge in [-0.25, -0.2) is 12.8 Å². The average molecular weight is 391 g/mol. The predicted molar refractivity (Wildman–Crippen MR) is 94.8 cm³/mol. The molecule has 2 aliphatic rings. The maximum Gasteiger partial charge on any atom is 0.243 e. The summed E-state index contributed by atoms with van der Waals surface area (Å²) in [7, 11) is -1.87. The highest BCUT2D eigenvalue weighted by molar-refractivity contribution is 7.89. The summed E-state index contributed by atoms with van der Waals surface area (Å²) in [5, 5.41) is -0.169. The van der Waals surface area contributed by atoms with Gasteiger partial charge in [-0.15, -0.1) is 0 Å². The van der Waals surface area contributed by atoms with Crippen molar-refractivity contribution in [1.82, 2.24) is 9.21 Å². The number of ether oxygens (including phenoxy) is 1. The molecular formula is C17H24ClFN2O3S. The molecule has 0 radical (unpaired) electrons. The number of benzene rings is 1. The van der Waals surface area contributed by atoms with Crippen molar-refractivity contribution in [3.63, 3.8) is 0 Å². The summed E-state index contributed by atoms with van der Waals surface area (Å²) in [6.45, 7) is 2.96. The monoisotopic (exact) mass is 390 g/mol. The van der Waals surface area contributed by atoms with Gasteiger partial charge in [0, 0.05) is 39.3 Å². The molecule has 0 saturated carbocycles. The largest absolute Gasteiger partial charge is 0.381 e. The summed E-state index contributed by atoms with van der Waals surface area (Å²) in [5.41, 5.74) is 0. The lowest BCUT2D eigenvalue weighted by Crippen LogP contribution is -2.49. The first-order valence-corrected chi connectivity index (χ1v) is 10.5. The minimum Gasteiger partial charge on any atom is -0.381 e. The van der Waals surface area contributed by atoms with Crippen LogP contribution in [0.2, 0.25) is 5.02 Å². The lowest BCUT2D eigenvalue weighted by molar-refractivity contribution is 0.0190. The normalized spacial score (nSPS) is 22.4. The molecule has 2 aliphatic heterocycles. The van der Waals surface area contributed by atoms with Gasteiger partial charge < -0.3 is 9.64 Å². The third-order valence-electron chi connectivity index (χ3n) is 5.28. The van der Waals surface area contributed by atoms with Crippen LogP contribution in [0.25, 0.3) is 0 Å². The van der Waals surface area contributed by atoms with Crippen LogP contribution in [0.15, 0.2) is 23.1 Å². The minimum atomic E-state index is -3.62. The van der Waals surface area contributed by atoms with Gasteiger partial charge in [-0.3, -0.25) is 0 Å². The number of methoxy groups -OCH3 is 1. The summed E-state index contributed by atoms with van der Waals surface area (Å²) in [5.74, 6) is -0.612. The van der Waals surface area contributed by atoms with E-state index in [9.17, 15) is 12.8 Å². The number of rotatable bonds is 4. The quantitative estimate of drug-likeness (QED) is 0.793. The molecule has 0 unspecified atom stereocenters. The molecule has 2 saturated heterocycles. The van der Waals surface area contributed by atoms with E-state index in [1.54, 1.807) is 7.11 Å². The second kappa shape index (κ2) is 7.88. The van der Waals surface area contributed by atoms with E-state index in [0.29, 0.717) is 25.2 Å². The second-order valence-corrected chi connectivity index (χ2v) is 9.03. The molecule has 2 heterocycles. The van der Waals surface area contributed by atoms with Crippen molar-refractivity contribution in [3.8, 4) is 0 Å². The van der Waals surface area contributed by atoms with Crippen molar-refractivity contribution in [1.29, 1.82) is 0 Å². The highest BCUT2D eigenvalue weighted by Gasteiger charge is 2.33. The van der Waals surface area contributed by atoms with E-state index in [2.05, 4.69) is 4.90 Å². The number of nitrogens with zero attached hydrogens (tertiary/aromatic N) is 2. The smallest absolute Gasteiger partial charge is 0.243 e. The lowest BCUT2D eigenvalue weighted by Gasteiger charge is -2.41. The fourth-order valence-corrected chi connectivity index (χ4v) is 5.45. The average Bonchev–Trinajstić information content (AvgIpc) is 2.64. The molecule has 2 fully saturated rings. The summed E-state index contributed by atoms with van der Waals surface area (Å²) in [6.07, 6.45) is 4.03. The third kappa shape index (κ3) is 4.17. The molecule has 0 N–H and O–H groups in total. The molecule has 0 atom stereocenters. The molecule has 3 rings (SSSR count). The van der Waals surface area contributed by atoms with Gasteiger partial charge in [0.05, 0.1) is 16.0 Å². The number of halogens is 2. The van der Waals surface area contributed by atoms with E-state index in [4.69, 9.17) is 16.3 Å². The number of likely N-dealkylation sites (tertiary alicyclic amines) is 1. The summed E-state index contributed by atoms with van der Waals surface area (Å²) < 4.78 is 45.6. The van der Waals surface area contributed by atoms with Crippen LogP contribution in [-0.4, -0.2) is 63.1 Å². The number of hydrogen-bond donors (Lipinski definition) is 0. The first-order chi connectivity index (χ1) is 11.9. The van der Waals surface area contributed by atoms with Crippen LogP contribution in [-0.2, 0) is 14.8 Å². The summed E-state index contributed by atoms with van der Waals surface area (Å²) in [6, 6.07) is 3.98. The van der Waals surface area contributed by atoms with Crippen molar-refractivity contribution >= 4 is 21.6 Å². The molecular weight excluding hydrogens is 367 g/mol. The minimum absolute atomic E-state index is 0.0539. The standard InChI is InChI=1S/C17H24ClFN2O3S/c1-24-14-6-8-20(9-7-14)13-4-10-21(11-5-13)25(22,23)15-2-3-17(19)16(18)12-15/h2-3,12-14H,4-11H2,1H3. The van der Waals surface area contributed by atoms with Crippen LogP contribution in [0.3, 0.4) is 0 Å². The Kier molecular flexibility index (Phi) is 6.00. The van der Waals surface area contributed by atoms with Crippen LogP contribution < -0.4 is 0 Å². The van der Waals surface area contributed by atoms with Crippen molar-refractivity contribution in [2.45, 2.75) is 42.7 Å². The Hall–Kier alpha value is -0.730. The molecule has 1 aromatic rings. The van der Waals surface area contributed by atoms with E-state index < -0.39 is 15.8 Å². The zero-order valence-electron chi connectivity index (χ0n) is 14.3. The molecule has 8 heteroatoms. The van der Waals surface area contributed by atoms with Crippen LogP contribution in [0.5, 0.6) is 0 Å². The first-order valence-electron chi connectivity index (χ1n) is 8.64. The van der Waals surface area contributed by atoms with Crippen LogP contribution >= 0.6 is 11.6 Å². The SMILES string of the molecule is COC1CCN(C2CCN(S(=O)(=O)c3ccc(F)c(Cl)c3)CC2)CC1. The van der Waals surface area contributed by atoms with Crippen molar-refractivity contribution in [3.05, 3.63) is 29.0 Å². The van der Waals surface area contributed by atoms with Gasteiger partial charge >= 0.3 is 0 Å². The van der Waals surface area contributed by atoms with Gasteiger partial charge in [0.15, 0.2) is 0 Å². The first kappa shape index (κ1) is 19.0. The van der Waals surface area contributed by atoms with Gasteiger partial charge in [-0.05, 0) is 43.9 Å². The Balaban J connectivity index is 1.60. The second-order valence-electron chi connectivity index (χ2n) is 6.68. The van der Waals surface area contributed by atoms with Crippen LogP contribution in [0.4, 0.5) is 4.39 Å². The Morgan fingerprint density at radius 3 is 2.32 bits per heavy atom. The maximum absolute atomic E-state index is 13.3. The van der Waals surface area contributed by atoms with E-state index in [1.807, 2.05) is 0 Å². The Labute approximate surface area is 153 Å². The van der Waals surface area contributed by atoms with Crippen LogP contribution in [0, 0.1) is 5.82 Å². The van der Waals surface area contributed by atoms with Crippen LogP contribution in [0.1, 0.15) is 25.7 Å². The Morgan fingerprint density at radius 2 is 1.76 bits per heavy atom. The molecule has 0 spiro atoms. The zero-order valence-corrected chi connectivity index (χ0v) is 15.9. The van der Waals surface area contributed by atoms with E-state index >= 15 is 0 Å². The van der Waals surface area contributed by atoms with E-state index in [1.165, 1.54) is 16.4 Å². The zero-order chi connectivity index (χ0) is 18.0. The number of hydrogen-bond acceptors (Lipinski definition) is 4. The molecule has 140 valence electrons. The molecule has 0 amide bonds. The van der Waals surface area contributed by atoms with Gasteiger partial charge in [-0.2, -0.15) is 4.31 Å².